The molecule has 1 saturated heterocycles. The summed E-state index contributed by atoms with van der Waals surface area (Å²) in [5, 5.41) is 1.28. The van der Waals surface area contributed by atoms with E-state index in [2.05, 4.69) is 41.0 Å². The molecular weight excluding hydrogens is 410 g/mol. The van der Waals surface area contributed by atoms with Crippen LogP contribution in [0.1, 0.15) is 39.0 Å². The Morgan fingerprint density at radius 3 is 2.90 bits per heavy atom. The number of hydrogen-bond acceptors (Lipinski definition) is 7. The Kier molecular flexibility index (Phi) is 6.25. The van der Waals surface area contributed by atoms with E-state index in [1.165, 1.54) is 15.7 Å². The maximum atomic E-state index is 11.7. The van der Waals surface area contributed by atoms with Gasteiger partial charge in [-0.25, -0.2) is 0 Å². The molecule has 0 amide bonds. The van der Waals surface area contributed by atoms with Crippen LogP contribution in [0.2, 0.25) is 0 Å². The van der Waals surface area contributed by atoms with Crippen molar-refractivity contribution in [2.45, 2.75) is 45.1 Å². The average Bonchev–Trinajstić information content (AvgIpc) is 3.21. The van der Waals surface area contributed by atoms with E-state index in [1.54, 1.807) is 11.5 Å². The number of anilines is 1. The van der Waals surface area contributed by atoms with Gasteiger partial charge in [-0.1, -0.05) is 19.1 Å². The van der Waals surface area contributed by atoms with E-state index in [1.807, 2.05) is 0 Å². The minimum absolute atomic E-state index is 0.0864. The van der Waals surface area contributed by atoms with E-state index in [9.17, 15) is 4.79 Å². The zero-order chi connectivity index (χ0) is 21.2. The average molecular weight is 442 g/mol. The SMILES string of the molecule is C[C@@H]1CC(=O)OC2=C1CC[C@@H](OCCCN1CCN(c3nsc4ccccc34)CC1)C2. The monoisotopic (exact) mass is 441 g/mol. The highest BCUT2D eigenvalue weighted by atomic mass is 32.1. The number of carbonyl (C=O) groups excluding carboxylic acids is 1. The van der Waals surface area contributed by atoms with E-state index in [0.717, 1.165) is 76.6 Å². The highest BCUT2D eigenvalue weighted by Crippen LogP contribution is 2.37. The molecule has 0 saturated carbocycles. The quantitative estimate of drug-likeness (QED) is 0.494. The molecule has 1 aromatic carbocycles. The van der Waals surface area contributed by atoms with Crippen molar-refractivity contribution in [1.29, 1.82) is 0 Å². The lowest BCUT2D eigenvalue weighted by molar-refractivity contribution is -0.143. The summed E-state index contributed by atoms with van der Waals surface area (Å²) >= 11 is 1.59. The van der Waals surface area contributed by atoms with Crippen molar-refractivity contribution in [3.8, 4) is 0 Å². The molecule has 6 nitrogen and oxygen atoms in total. The van der Waals surface area contributed by atoms with Crippen LogP contribution in [0.3, 0.4) is 0 Å². The molecule has 3 aliphatic rings. The second-order valence-electron chi connectivity index (χ2n) is 8.95. The van der Waals surface area contributed by atoms with Crippen molar-refractivity contribution in [1.82, 2.24) is 9.27 Å². The maximum absolute atomic E-state index is 11.7. The summed E-state index contributed by atoms with van der Waals surface area (Å²) in [4.78, 5) is 16.7. The fraction of sp³-hybridized carbons (Fsp3) is 0.583. The van der Waals surface area contributed by atoms with E-state index in [-0.39, 0.29) is 12.1 Å². The van der Waals surface area contributed by atoms with Crippen molar-refractivity contribution >= 4 is 33.4 Å². The first-order chi connectivity index (χ1) is 15.2. The number of aromatic nitrogens is 1. The lowest BCUT2D eigenvalue weighted by Gasteiger charge is -2.35. The van der Waals surface area contributed by atoms with Crippen LogP contribution < -0.4 is 4.90 Å². The van der Waals surface area contributed by atoms with Crippen LogP contribution in [0.25, 0.3) is 10.1 Å². The molecule has 7 heteroatoms. The highest BCUT2D eigenvalue weighted by molar-refractivity contribution is 7.13. The molecule has 166 valence electrons. The smallest absolute Gasteiger partial charge is 0.311 e. The van der Waals surface area contributed by atoms with Crippen LogP contribution in [-0.2, 0) is 14.3 Å². The van der Waals surface area contributed by atoms with Gasteiger partial charge in [0, 0.05) is 51.1 Å². The number of hydrogen-bond donors (Lipinski definition) is 0. The number of carbonyl (C=O) groups is 1. The molecule has 2 atom stereocenters. The summed E-state index contributed by atoms with van der Waals surface area (Å²) in [5.74, 6) is 2.29. The van der Waals surface area contributed by atoms with Crippen LogP contribution in [0, 0.1) is 5.92 Å². The molecule has 0 spiro atoms. The van der Waals surface area contributed by atoms with Crippen LogP contribution in [0.15, 0.2) is 35.6 Å². The molecule has 0 N–H and O–H groups in total. The molecule has 5 rings (SSSR count). The minimum atomic E-state index is -0.0864. The third-order valence-corrected chi connectivity index (χ3v) is 7.63. The topological polar surface area (TPSA) is 54.9 Å². The Labute approximate surface area is 188 Å². The van der Waals surface area contributed by atoms with E-state index < -0.39 is 0 Å². The van der Waals surface area contributed by atoms with Crippen molar-refractivity contribution in [2.24, 2.45) is 5.92 Å². The van der Waals surface area contributed by atoms with Crippen LogP contribution in [0.5, 0.6) is 0 Å². The van der Waals surface area contributed by atoms with Gasteiger partial charge in [-0.15, -0.1) is 0 Å². The van der Waals surface area contributed by atoms with Crippen molar-refractivity contribution in [2.75, 3.05) is 44.2 Å². The summed E-state index contributed by atoms with van der Waals surface area (Å²) in [5.41, 5.74) is 1.34. The molecule has 2 aliphatic heterocycles. The van der Waals surface area contributed by atoms with Crippen molar-refractivity contribution in [3.63, 3.8) is 0 Å². The predicted octanol–water partition coefficient (Wildman–Crippen LogP) is 4.21. The van der Waals surface area contributed by atoms with Gasteiger partial charge in [0.05, 0.1) is 17.2 Å². The molecule has 0 bridgehead atoms. The van der Waals surface area contributed by atoms with E-state index in [4.69, 9.17) is 13.8 Å². The van der Waals surface area contributed by atoms with Gasteiger partial charge < -0.3 is 14.4 Å². The number of fused-ring (bicyclic) bond motifs is 1. The summed E-state index contributed by atoms with van der Waals surface area (Å²) in [6, 6.07) is 8.50. The number of piperazine rings is 1. The number of benzene rings is 1. The molecule has 1 fully saturated rings. The Morgan fingerprint density at radius 2 is 2.03 bits per heavy atom. The first kappa shape index (κ1) is 20.9. The number of allylic oxidation sites excluding steroid dienone is 1. The predicted molar refractivity (Wildman–Crippen MR) is 123 cm³/mol. The molecule has 0 unspecified atom stereocenters. The summed E-state index contributed by atoms with van der Waals surface area (Å²) in [6.07, 6.45) is 4.55. The van der Waals surface area contributed by atoms with Crippen molar-refractivity contribution < 1.29 is 14.3 Å². The van der Waals surface area contributed by atoms with Gasteiger partial charge in [-0.2, -0.15) is 4.37 Å². The normalized spacial score (nSPS) is 25.1. The minimum Gasteiger partial charge on any atom is -0.431 e. The first-order valence-electron chi connectivity index (χ1n) is 11.5. The molecule has 1 aliphatic carbocycles. The maximum Gasteiger partial charge on any atom is 0.311 e. The largest absolute Gasteiger partial charge is 0.431 e. The zero-order valence-electron chi connectivity index (χ0n) is 18.2. The van der Waals surface area contributed by atoms with E-state index in [0.29, 0.717) is 12.3 Å². The molecule has 2 aromatic rings. The van der Waals surface area contributed by atoms with Crippen LogP contribution in [0.4, 0.5) is 5.82 Å². The van der Waals surface area contributed by atoms with E-state index >= 15 is 0 Å². The molecular formula is C24H31N3O3S. The fourth-order valence-electron chi connectivity index (χ4n) is 5.04. The Bertz CT molecular complexity index is 964. The van der Waals surface area contributed by atoms with Crippen LogP contribution >= 0.6 is 11.5 Å². The zero-order valence-corrected chi connectivity index (χ0v) is 19.0. The Hall–Kier alpha value is -1.96. The molecule has 0 radical (unpaired) electrons. The number of ether oxygens (including phenoxy) is 2. The standard InChI is InChI=1S/C24H31N3O3S/c1-17-15-23(28)30-21-16-18(7-8-19(17)21)29-14-4-9-26-10-12-27(13-11-26)24-20-5-2-3-6-22(20)31-25-24/h2-3,5-6,17-18H,4,7-16H2,1H3/t17-,18-/m1/s1. The van der Waals surface area contributed by atoms with Crippen LogP contribution in [-0.4, -0.2) is 60.7 Å². The van der Waals surface area contributed by atoms with Gasteiger partial charge in [0.25, 0.3) is 0 Å². The highest BCUT2D eigenvalue weighted by Gasteiger charge is 2.32. The first-order valence-corrected chi connectivity index (χ1v) is 12.3. The lowest BCUT2D eigenvalue weighted by atomic mass is 9.84. The number of esters is 1. The molecule has 1 aromatic heterocycles. The van der Waals surface area contributed by atoms with Crippen molar-refractivity contribution in [3.05, 3.63) is 35.6 Å². The third-order valence-electron chi connectivity index (χ3n) is 6.81. The van der Waals surface area contributed by atoms with Gasteiger partial charge >= 0.3 is 5.97 Å². The fourth-order valence-corrected chi connectivity index (χ4v) is 5.84. The lowest BCUT2D eigenvalue weighted by Crippen LogP contribution is -2.47. The molecule has 31 heavy (non-hydrogen) atoms. The van der Waals surface area contributed by atoms with Gasteiger partial charge in [0.1, 0.15) is 11.6 Å². The third kappa shape index (κ3) is 4.64. The summed E-state index contributed by atoms with van der Waals surface area (Å²) < 4.78 is 17.6. The van der Waals surface area contributed by atoms with Gasteiger partial charge in [-0.05, 0) is 54.4 Å². The summed E-state index contributed by atoms with van der Waals surface area (Å²) in [6.45, 7) is 8.16. The second kappa shape index (κ2) is 9.27. The second-order valence-corrected chi connectivity index (χ2v) is 9.75. The number of rotatable bonds is 6. The van der Waals surface area contributed by atoms with Gasteiger partial charge in [-0.3, -0.25) is 9.69 Å². The number of nitrogens with zero attached hydrogens (tertiary/aromatic N) is 3. The molecule has 3 heterocycles. The summed E-state index contributed by atoms with van der Waals surface area (Å²) in [7, 11) is 0. The van der Waals surface area contributed by atoms with Gasteiger partial charge in [0.2, 0.25) is 0 Å². The van der Waals surface area contributed by atoms with Gasteiger partial charge in [0.15, 0.2) is 0 Å². The Morgan fingerprint density at radius 1 is 1.19 bits per heavy atom. The Balaban J connectivity index is 1.03.